The molecule has 0 saturated heterocycles. The minimum absolute atomic E-state index is 0.192. The third-order valence-corrected chi connectivity index (χ3v) is 2.57. The van der Waals surface area contributed by atoms with Crippen molar-refractivity contribution >= 4 is 17.5 Å². The van der Waals surface area contributed by atoms with Crippen molar-refractivity contribution in [2.75, 3.05) is 19.0 Å². The zero-order valence-corrected chi connectivity index (χ0v) is 10.6. The van der Waals surface area contributed by atoms with Gasteiger partial charge in [-0.25, -0.2) is 13.2 Å². The van der Waals surface area contributed by atoms with Crippen LogP contribution in [0.15, 0.2) is 12.1 Å². The summed E-state index contributed by atoms with van der Waals surface area (Å²) < 4.78 is 39.3. The van der Waals surface area contributed by atoms with Gasteiger partial charge >= 0.3 is 0 Å². The number of alkyl halides is 1. The summed E-state index contributed by atoms with van der Waals surface area (Å²) in [6, 6.07) is 1.67. The molecular formula is C12H13ClF3NO. The van der Waals surface area contributed by atoms with E-state index in [1.807, 2.05) is 6.92 Å². The Morgan fingerprint density at radius 1 is 1.22 bits per heavy atom. The Hall–Kier alpha value is -1.23. The molecule has 0 fully saturated rings. The van der Waals surface area contributed by atoms with Crippen molar-refractivity contribution in [1.29, 1.82) is 0 Å². The fourth-order valence-electron chi connectivity index (χ4n) is 1.55. The number of rotatable bonds is 5. The van der Waals surface area contributed by atoms with Crippen LogP contribution in [-0.4, -0.2) is 29.8 Å². The van der Waals surface area contributed by atoms with E-state index < -0.39 is 28.9 Å². The normalized spacial score (nSPS) is 10.5. The Balaban J connectivity index is 3.05. The van der Waals surface area contributed by atoms with Crippen LogP contribution in [0.1, 0.15) is 23.7 Å². The molecule has 0 aromatic heterocycles. The second-order valence-electron chi connectivity index (χ2n) is 3.70. The largest absolute Gasteiger partial charge is 0.337 e. The highest BCUT2D eigenvalue weighted by molar-refractivity contribution is 6.18. The van der Waals surface area contributed by atoms with Gasteiger partial charge < -0.3 is 4.90 Å². The van der Waals surface area contributed by atoms with E-state index in [4.69, 9.17) is 11.6 Å². The molecule has 0 aliphatic rings. The standard InChI is InChI=1S/C12H13ClF3NO/c1-2-6-17(7-5-13)12(18)8-3-4-9(14)11(16)10(8)15/h3-4H,2,5-7H2,1H3. The molecule has 0 heterocycles. The molecule has 0 radical (unpaired) electrons. The Morgan fingerprint density at radius 2 is 1.89 bits per heavy atom. The van der Waals surface area contributed by atoms with E-state index in [1.54, 1.807) is 0 Å². The van der Waals surface area contributed by atoms with Gasteiger partial charge in [0, 0.05) is 19.0 Å². The number of nitrogens with zero attached hydrogens (tertiary/aromatic N) is 1. The summed E-state index contributed by atoms with van der Waals surface area (Å²) in [6.07, 6.45) is 0.661. The van der Waals surface area contributed by atoms with Crippen LogP contribution in [0.4, 0.5) is 13.2 Å². The van der Waals surface area contributed by atoms with Crippen LogP contribution in [0.2, 0.25) is 0 Å². The van der Waals surface area contributed by atoms with Gasteiger partial charge in [-0.1, -0.05) is 6.92 Å². The van der Waals surface area contributed by atoms with Gasteiger partial charge in [-0.05, 0) is 18.6 Å². The van der Waals surface area contributed by atoms with Crippen molar-refractivity contribution in [3.63, 3.8) is 0 Å². The highest BCUT2D eigenvalue weighted by atomic mass is 35.5. The molecule has 0 aliphatic heterocycles. The monoisotopic (exact) mass is 279 g/mol. The zero-order valence-electron chi connectivity index (χ0n) is 9.85. The molecule has 6 heteroatoms. The van der Waals surface area contributed by atoms with Gasteiger partial charge in [0.05, 0.1) is 5.56 Å². The molecule has 0 bridgehead atoms. The molecular weight excluding hydrogens is 267 g/mol. The summed E-state index contributed by atoms with van der Waals surface area (Å²) >= 11 is 5.54. The molecule has 0 atom stereocenters. The van der Waals surface area contributed by atoms with Crippen LogP contribution < -0.4 is 0 Å². The van der Waals surface area contributed by atoms with Gasteiger partial charge in [-0.3, -0.25) is 4.79 Å². The van der Waals surface area contributed by atoms with Gasteiger partial charge in [-0.15, -0.1) is 11.6 Å². The third-order valence-electron chi connectivity index (χ3n) is 2.40. The molecule has 1 aromatic carbocycles. The number of hydrogen-bond acceptors (Lipinski definition) is 1. The first-order valence-electron chi connectivity index (χ1n) is 5.51. The van der Waals surface area contributed by atoms with Crippen molar-refractivity contribution in [3.05, 3.63) is 35.1 Å². The first kappa shape index (κ1) is 14.8. The lowest BCUT2D eigenvalue weighted by Gasteiger charge is -2.21. The van der Waals surface area contributed by atoms with E-state index in [-0.39, 0.29) is 12.4 Å². The highest BCUT2D eigenvalue weighted by Crippen LogP contribution is 2.17. The summed E-state index contributed by atoms with van der Waals surface area (Å²) in [6.45, 7) is 2.45. The third kappa shape index (κ3) is 3.16. The van der Waals surface area contributed by atoms with Crippen LogP contribution in [0.25, 0.3) is 0 Å². The van der Waals surface area contributed by atoms with E-state index in [0.29, 0.717) is 13.0 Å². The topological polar surface area (TPSA) is 20.3 Å². The molecule has 1 rings (SSSR count). The number of carbonyl (C=O) groups excluding carboxylic acids is 1. The summed E-state index contributed by atoms with van der Waals surface area (Å²) in [5, 5.41) is 0. The molecule has 1 aromatic rings. The van der Waals surface area contributed by atoms with Gasteiger partial charge in [0.15, 0.2) is 17.5 Å². The molecule has 0 spiro atoms. The maximum absolute atomic E-state index is 13.5. The van der Waals surface area contributed by atoms with Gasteiger partial charge in [0.2, 0.25) is 0 Å². The molecule has 2 nitrogen and oxygen atoms in total. The Morgan fingerprint density at radius 3 is 2.44 bits per heavy atom. The molecule has 0 N–H and O–H groups in total. The highest BCUT2D eigenvalue weighted by Gasteiger charge is 2.22. The van der Waals surface area contributed by atoms with Crippen LogP contribution >= 0.6 is 11.6 Å². The number of amides is 1. The van der Waals surface area contributed by atoms with Gasteiger partial charge in [0.25, 0.3) is 5.91 Å². The summed E-state index contributed by atoms with van der Waals surface area (Å²) in [5.41, 5.74) is -0.479. The number of benzene rings is 1. The van der Waals surface area contributed by atoms with Crippen LogP contribution in [0.3, 0.4) is 0 Å². The summed E-state index contributed by atoms with van der Waals surface area (Å²) in [7, 11) is 0. The number of hydrogen-bond donors (Lipinski definition) is 0. The van der Waals surface area contributed by atoms with Crippen LogP contribution in [0.5, 0.6) is 0 Å². The van der Waals surface area contributed by atoms with Crippen LogP contribution in [-0.2, 0) is 0 Å². The first-order valence-corrected chi connectivity index (χ1v) is 6.05. The predicted octanol–water partition coefficient (Wildman–Crippen LogP) is 3.19. The molecule has 0 saturated carbocycles. The second-order valence-corrected chi connectivity index (χ2v) is 4.08. The molecule has 18 heavy (non-hydrogen) atoms. The van der Waals surface area contributed by atoms with Crippen molar-refractivity contribution in [1.82, 2.24) is 4.90 Å². The maximum Gasteiger partial charge on any atom is 0.256 e. The predicted molar refractivity (Wildman–Crippen MR) is 63.2 cm³/mol. The minimum Gasteiger partial charge on any atom is -0.337 e. The molecule has 100 valence electrons. The van der Waals surface area contributed by atoms with Gasteiger partial charge in [0.1, 0.15) is 0 Å². The van der Waals surface area contributed by atoms with Crippen molar-refractivity contribution in [3.8, 4) is 0 Å². The fraction of sp³-hybridized carbons (Fsp3) is 0.417. The Bertz CT molecular complexity index is 434. The van der Waals surface area contributed by atoms with Crippen LogP contribution in [0, 0.1) is 17.5 Å². The maximum atomic E-state index is 13.5. The summed E-state index contributed by atoms with van der Waals surface area (Å²) in [4.78, 5) is 13.3. The number of halogens is 4. The van der Waals surface area contributed by atoms with Crippen molar-refractivity contribution < 1.29 is 18.0 Å². The Labute approximate surface area is 108 Å². The average molecular weight is 280 g/mol. The van der Waals surface area contributed by atoms with E-state index in [1.165, 1.54) is 4.90 Å². The van der Waals surface area contributed by atoms with E-state index in [0.717, 1.165) is 12.1 Å². The SMILES string of the molecule is CCCN(CCCl)C(=O)c1ccc(F)c(F)c1F. The molecule has 1 amide bonds. The lowest BCUT2D eigenvalue weighted by atomic mass is 10.1. The van der Waals surface area contributed by atoms with Crippen molar-refractivity contribution in [2.45, 2.75) is 13.3 Å². The minimum atomic E-state index is -1.64. The fourth-order valence-corrected chi connectivity index (χ4v) is 1.75. The average Bonchev–Trinajstić information content (AvgIpc) is 2.35. The number of carbonyl (C=O) groups is 1. The van der Waals surface area contributed by atoms with E-state index in [9.17, 15) is 18.0 Å². The van der Waals surface area contributed by atoms with E-state index in [2.05, 4.69) is 0 Å². The summed E-state index contributed by atoms with van der Waals surface area (Å²) in [5.74, 6) is -4.91. The molecule has 0 unspecified atom stereocenters. The first-order chi connectivity index (χ1) is 8.52. The lowest BCUT2D eigenvalue weighted by molar-refractivity contribution is 0.0759. The van der Waals surface area contributed by atoms with Crippen molar-refractivity contribution in [2.24, 2.45) is 0 Å². The Kier molecular flexibility index (Phi) is 5.47. The van der Waals surface area contributed by atoms with Gasteiger partial charge in [-0.2, -0.15) is 0 Å². The van der Waals surface area contributed by atoms with E-state index >= 15 is 0 Å². The zero-order chi connectivity index (χ0) is 13.7. The molecule has 0 aliphatic carbocycles. The quantitative estimate of drug-likeness (QED) is 0.599. The second kappa shape index (κ2) is 6.64. The smallest absolute Gasteiger partial charge is 0.256 e. The lowest BCUT2D eigenvalue weighted by Crippen LogP contribution is -2.34.